The van der Waals surface area contributed by atoms with E-state index in [1.807, 2.05) is 18.2 Å². The Labute approximate surface area is 212 Å². The van der Waals surface area contributed by atoms with Gasteiger partial charge in [-0.25, -0.2) is 9.59 Å². The highest BCUT2D eigenvalue weighted by Crippen LogP contribution is 2.10. The number of esters is 1. The summed E-state index contributed by atoms with van der Waals surface area (Å²) >= 11 is 0. The summed E-state index contributed by atoms with van der Waals surface area (Å²) in [5.41, 5.74) is 0.801. The van der Waals surface area contributed by atoms with Crippen LogP contribution in [0.1, 0.15) is 38.7 Å². The number of rotatable bonds is 16. The summed E-state index contributed by atoms with van der Waals surface area (Å²) in [4.78, 5) is 49.4. The molecule has 0 aromatic heterocycles. The van der Waals surface area contributed by atoms with Crippen molar-refractivity contribution in [3.8, 4) is 0 Å². The first-order valence-corrected chi connectivity index (χ1v) is 11.8. The van der Waals surface area contributed by atoms with Crippen LogP contribution in [0.15, 0.2) is 55.6 Å². The van der Waals surface area contributed by atoms with Crippen LogP contribution in [-0.2, 0) is 30.5 Å². The van der Waals surface area contributed by atoms with Crippen molar-refractivity contribution in [2.24, 2.45) is 5.92 Å². The van der Waals surface area contributed by atoms with Crippen molar-refractivity contribution in [2.45, 2.75) is 57.9 Å². The van der Waals surface area contributed by atoms with E-state index in [9.17, 15) is 19.2 Å². The molecule has 1 aromatic carbocycles. The lowest BCUT2D eigenvalue weighted by molar-refractivity contribution is -0.151. The number of benzene rings is 1. The molecule has 0 saturated carbocycles. The topological polar surface area (TPSA) is 143 Å². The zero-order chi connectivity index (χ0) is 26.9. The van der Waals surface area contributed by atoms with Gasteiger partial charge in [0.05, 0.1) is 19.1 Å². The van der Waals surface area contributed by atoms with E-state index in [0.29, 0.717) is 0 Å². The Hall–Kier alpha value is -3.66. The maximum atomic E-state index is 12.6. The van der Waals surface area contributed by atoms with Crippen molar-refractivity contribution in [1.82, 2.24) is 16.0 Å². The van der Waals surface area contributed by atoms with E-state index in [0.717, 1.165) is 5.56 Å². The van der Waals surface area contributed by atoms with E-state index in [-0.39, 0.29) is 44.9 Å². The molecule has 0 radical (unpaired) electrons. The SMILES string of the molecule is C=CC[C@H](CC(=O)N[C@@H](C)CO)C(=O)NC[C@H](C)OC(=O)[C@@H](CC=C)NC(=O)OCc1ccccc1. The van der Waals surface area contributed by atoms with Crippen LogP contribution in [0.5, 0.6) is 0 Å². The number of amides is 3. The van der Waals surface area contributed by atoms with Crippen molar-refractivity contribution >= 4 is 23.9 Å². The fraction of sp³-hybridized carbons (Fsp3) is 0.462. The summed E-state index contributed by atoms with van der Waals surface area (Å²) in [5, 5.41) is 16.8. The minimum Gasteiger partial charge on any atom is -0.459 e. The van der Waals surface area contributed by atoms with Gasteiger partial charge < -0.3 is 30.5 Å². The molecule has 0 heterocycles. The lowest BCUT2D eigenvalue weighted by Crippen LogP contribution is -2.44. The minimum absolute atomic E-state index is 0.00609. The van der Waals surface area contributed by atoms with Gasteiger partial charge in [0.25, 0.3) is 0 Å². The molecular weight excluding hydrogens is 466 g/mol. The van der Waals surface area contributed by atoms with Crippen molar-refractivity contribution < 1.29 is 33.8 Å². The summed E-state index contributed by atoms with van der Waals surface area (Å²) in [6.07, 6.45) is 1.86. The molecule has 36 heavy (non-hydrogen) atoms. The number of aliphatic hydroxyl groups excluding tert-OH is 1. The quantitative estimate of drug-likeness (QED) is 0.200. The predicted octanol–water partition coefficient (Wildman–Crippen LogP) is 1.98. The third kappa shape index (κ3) is 12.2. The van der Waals surface area contributed by atoms with Crippen LogP contribution >= 0.6 is 0 Å². The minimum atomic E-state index is -1.00. The van der Waals surface area contributed by atoms with Gasteiger partial charge in [-0.15, -0.1) is 13.2 Å². The Bertz CT molecular complexity index is 876. The number of ether oxygens (including phenoxy) is 2. The number of aliphatic hydroxyl groups is 1. The van der Waals surface area contributed by atoms with E-state index in [1.54, 1.807) is 32.1 Å². The van der Waals surface area contributed by atoms with Crippen LogP contribution in [-0.4, -0.2) is 60.3 Å². The molecule has 0 spiro atoms. The van der Waals surface area contributed by atoms with Gasteiger partial charge in [-0.2, -0.15) is 0 Å². The lowest BCUT2D eigenvalue weighted by atomic mass is 9.99. The van der Waals surface area contributed by atoms with Crippen LogP contribution in [0.3, 0.4) is 0 Å². The smallest absolute Gasteiger partial charge is 0.408 e. The van der Waals surface area contributed by atoms with Crippen molar-refractivity contribution in [2.75, 3.05) is 13.2 Å². The monoisotopic (exact) mass is 503 g/mol. The summed E-state index contributed by atoms with van der Waals surface area (Å²) in [6, 6.07) is 7.67. The molecule has 1 aromatic rings. The molecule has 4 N–H and O–H groups in total. The fourth-order valence-electron chi connectivity index (χ4n) is 3.09. The van der Waals surface area contributed by atoms with Crippen molar-refractivity contribution in [3.05, 3.63) is 61.2 Å². The third-order valence-electron chi connectivity index (χ3n) is 5.01. The molecule has 198 valence electrons. The predicted molar refractivity (Wildman–Crippen MR) is 135 cm³/mol. The van der Waals surface area contributed by atoms with Gasteiger partial charge in [0, 0.05) is 12.5 Å². The van der Waals surface area contributed by atoms with Gasteiger partial charge in [-0.05, 0) is 32.3 Å². The zero-order valence-electron chi connectivity index (χ0n) is 20.9. The second-order valence-electron chi connectivity index (χ2n) is 8.35. The molecule has 0 aliphatic heterocycles. The van der Waals surface area contributed by atoms with E-state index < -0.39 is 42.1 Å². The number of carbonyl (C=O) groups is 4. The average Bonchev–Trinajstić information content (AvgIpc) is 2.85. The number of alkyl carbamates (subject to hydrolysis) is 1. The first kappa shape index (κ1) is 30.4. The van der Waals surface area contributed by atoms with Crippen molar-refractivity contribution in [3.63, 3.8) is 0 Å². The normalized spacial score (nSPS) is 13.8. The zero-order valence-corrected chi connectivity index (χ0v) is 20.9. The number of hydrogen-bond donors (Lipinski definition) is 4. The maximum absolute atomic E-state index is 12.6. The number of nitrogens with one attached hydrogen (secondary N) is 3. The molecule has 0 unspecified atom stereocenters. The largest absolute Gasteiger partial charge is 0.459 e. The molecule has 0 aliphatic carbocycles. The van der Waals surface area contributed by atoms with Gasteiger partial charge in [0.1, 0.15) is 18.8 Å². The molecule has 1 rings (SSSR count). The Kier molecular flexibility index (Phi) is 14.2. The molecule has 4 atom stereocenters. The van der Waals surface area contributed by atoms with E-state index >= 15 is 0 Å². The number of carbonyl (C=O) groups excluding carboxylic acids is 4. The Morgan fingerprint density at radius 2 is 1.69 bits per heavy atom. The van der Waals surface area contributed by atoms with Gasteiger partial charge in [0.2, 0.25) is 11.8 Å². The molecule has 0 bridgehead atoms. The molecular formula is C26H37N3O7. The van der Waals surface area contributed by atoms with Crippen LogP contribution in [0, 0.1) is 5.92 Å². The van der Waals surface area contributed by atoms with Gasteiger partial charge in [-0.1, -0.05) is 42.5 Å². The Morgan fingerprint density at radius 1 is 1.03 bits per heavy atom. The summed E-state index contributed by atoms with van der Waals surface area (Å²) < 4.78 is 10.5. The lowest BCUT2D eigenvalue weighted by Gasteiger charge is -2.21. The van der Waals surface area contributed by atoms with Crippen LogP contribution < -0.4 is 16.0 Å². The highest BCUT2D eigenvalue weighted by Gasteiger charge is 2.25. The molecule has 10 nitrogen and oxygen atoms in total. The first-order chi connectivity index (χ1) is 17.2. The molecule has 0 saturated heterocycles. The van der Waals surface area contributed by atoms with Gasteiger partial charge >= 0.3 is 12.1 Å². The summed E-state index contributed by atoms with van der Waals surface area (Å²) in [5.74, 6) is -2.12. The van der Waals surface area contributed by atoms with Crippen molar-refractivity contribution in [1.29, 1.82) is 0 Å². The highest BCUT2D eigenvalue weighted by atomic mass is 16.6. The third-order valence-corrected chi connectivity index (χ3v) is 5.01. The number of hydrogen-bond acceptors (Lipinski definition) is 7. The van der Waals surface area contributed by atoms with E-state index in [4.69, 9.17) is 14.6 Å². The Morgan fingerprint density at radius 3 is 2.31 bits per heavy atom. The Balaban J connectivity index is 2.55. The average molecular weight is 504 g/mol. The van der Waals surface area contributed by atoms with Gasteiger partial charge in [-0.3, -0.25) is 9.59 Å². The van der Waals surface area contributed by atoms with Crippen LogP contribution in [0.25, 0.3) is 0 Å². The standard InChI is InChI=1S/C26H37N3O7/c1-5-10-21(14-23(31)28-18(3)16-30)24(32)27-15-19(4)36-25(33)22(11-6-2)29-26(34)35-17-20-12-8-7-9-13-20/h5-9,12-13,18-19,21-22,30H,1-2,10-11,14-17H2,3-4H3,(H,27,32)(H,28,31)(H,29,34)/t18-,19-,21+,22+/m0/s1. The van der Waals surface area contributed by atoms with E-state index in [2.05, 4.69) is 29.1 Å². The molecule has 10 heteroatoms. The van der Waals surface area contributed by atoms with Crippen LogP contribution in [0.2, 0.25) is 0 Å². The summed E-state index contributed by atoms with van der Waals surface area (Å²) in [7, 11) is 0. The van der Waals surface area contributed by atoms with Crippen LogP contribution in [0.4, 0.5) is 4.79 Å². The second-order valence-corrected chi connectivity index (χ2v) is 8.35. The molecule has 0 fully saturated rings. The molecule has 0 aliphatic rings. The highest BCUT2D eigenvalue weighted by molar-refractivity contribution is 5.86. The maximum Gasteiger partial charge on any atom is 0.408 e. The van der Waals surface area contributed by atoms with Gasteiger partial charge in [0.15, 0.2) is 0 Å². The summed E-state index contributed by atoms with van der Waals surface area (Å²) in [6.45, 7) is 10.3. The molecule has 3 amide bonds. The first-order valence-electron chi connectivity index (χ1n) is 11.8. The second kappa shape index (κ2) is 16.9. The fourth-order valence-corrected chi connectivity index (χ4v) is 3.09. The van der Waals surface area contributed by atoms with E-state index in [1.165, 1.54) is 6.08 Å². The number of allylic oxidation sites excluding steroid dienone is 1.